The van der Waals surface area contributed by atoms with Crippen LogP contribution in [0, 0.1) is 17.6 Å². The standard InChI is InChI=1S/C15H19F2NO2/c1-2-9-5-3-4-6-13(9)20-15(19)11-7-10(16)8-12(18)14(11)17/h7-9,13H,2-6,18H2,1H3. The molecule has 1 aromatic rings. The fraction of sp³-hybridized carbons (Fsp3) is 0.533. The number of carbonyl (C=O) groups excluding carboxylic acids is 1. The fourth-order valence-corrected chi connectivity index (χ4v) is 2.76. The predicted molar refractivity (Wildman–Crippen MR) is 72.2 cm³/mol. The summed E-state index contributed by atoms with van der Waals surface area (Å²) in [6, 6.07) is 1.68. The molecule has 1 saturated carbocycles. The number of hydrogen-bond donors (Lipinski definition) is 1. The molecule has 2 rings (SSSR count). The lowest BCUT2D eigenvalue weighted by Gasteiger charge is -2.30. The molecule has 1 aliphatic carbocycles. The van der Waals surface area contributed by atoms with E-state index in [4.69, 9.17) is 10.5 Å². The number of benzene rings is 1. The molecule has 3 nitrogen and oxygen atoms in total. The SMILES string of the molecule is CCC1CCCCC1OC(=O)c1cc(F)cc(N)c1F. The maximum absolute atomic E-state index is 13.8. The van der Waals surface area contributed by atoms with Crippen molar-refractivity contribution < 1.29 is 18.3 Å². The summed E-state index contributed by atoms with van der Waals surface area (Å²) in [4.78, 5) is 12.0. The third kappa shape index (κ3) is 3.08. The zero-order valence-corrected chi connectivity index (χ0v) is 11.5. The van der Waals surface area contributed by atoms with Gasteiger partial charge < -0.3 is 10.5 Å². The van der Waals surface area contributed by atoms with E-state index in [0.29, 0.717) is 5.92 Å². The summed E-state index contributed by atoms with van der Waals surface area (Å²) in [5, 5.41) is 0. The maximum Gasteiger partial charge on any atom is 0.341 e. The lowest BCUT2D eigenvalue weighted by Crippen LogP contribution is -2.30. The van der Waals surface area contributed by atoms with Crippen LogP contribution >= 0.6 is 0 Å². The summed E-state index contributed by atoms with van der Waals surface area (Å²) >= 11 is 0. The zero-order valence-electron chi connectivity index (χ0n) is 11.5. The van der Waals surface area contributed by atoms with Gasteiger partial charge in [-0.2, -0.15) is 0 Å². The Hall–Kier alpha value is -1.65. The number of nitrogen functional groups attached to an aromatic ring is 1. The summed E-state index contributed by atoms with van der Waals surface area (Å²) in [5.74, 6) is -2.20. The van der Waals surface area contributed by atoms with Gasteiger partial charge in [0.05, 0.1) is 5.69 Å². The molecule has 0 amide bonds. The van der Waals surface area contributed by atoms with Crippen molar-refractivity contribution in [1.29, 1.82) is 0 Å². The number of nitrogens with two attached hydrogens (primary N) is 1. The van der Waals surface area contributed by atoms with Gasteiger partial charge in [-0.1, -0.05) is 13.3 Å². The van der Waals surface area contributed by atoms with Gasteiger partial charge in [-0.15, -0.1) is 0 Å². The molecule has 0 aromatic heterocycles. The van der Waals surface area contributed by atoms with Crippen LogP contribution in [-0.4, -0.2) is 12.1 Å². The van der Waals surface area contributed by atoms with Gasteiger partial charge in [-0.25, -0.2) is 13.6 Å². The summed E-state index contributed by atoms with van der Waals surface area (Å²) in [6.07, 6.45) is 4.57. The highest BCUT2D eigenvalue weighted by Crippen LogP contribution is 2.30. The third-order valence-corrected chi connectivity index (χ3v) is 3.91. The molecular weight excluding hydrogens is 264 g/mol. The third-order valence-electron chi connectivity index (χ3n) is 3.91. The molecular formula is C15H19F2NO2. The van der Waals surface area contributed by atoms with Crippen molar-refractivity contribution in [1.82, 2.24) is 0 Å². The first kappa shape index (κ1) is 14.8. The summed E-state index contributed by atoms with van der Waals surface area (Å²) in [6.45, 7) is 2.04. The second-order valence-corrected chi connectivity index (χ2v) is 5.25. The van der Waals surface area contributed by atoms with Gasteiger partial charge >= 0.3 is 5.97 Å². The van der Waals surface area contributed by atoms with Crippen molar-refractivity contribution in [2.45, 2.75) is 45.1 Å². The molecule has 0 spiro atoms. The molecule has 0 aliphatic heterocycles. The lowest BCUT2D eigenvalue weighted by atomic mass is 9.85. The molecule has 110 valence electrons. The van der Waals surface area contributed by atoms with Crippen LogP contribution in [0.5, 0.6) is 0 Å². The molecule has 1 fully saturated rings. The Labute approximate surface area is 117 Å². The molecule has 5 heteroatoms. The number of rotatable bonds is 3. The molecule has 2 atom stereocenters. The summed E-state index contributed by atoms with van der Waals surface area (Å²) < 4.78 is 32.4. The Morgan fingerprint density at radius 1 is 1.35 bits per heavy atom. The Morgan fingerprint density at radius 2 is 2.05 bits per heavy atom. The first-order valence-electron chi connectivity index (χ1n) is 6.98. The highest BCUT2D eigenvalue weighted by atomic mass is 19.1. The number of ether oxygens (including phenoxy) is 1. The summed E-state index contributed by atoms with van der Waals surface area (Å²) in [7, 11) is 0. The van der Waals surface area contributed by atoms with E-state index in [0.717, 1.165) is 44.2 Å². The molecule has 0 radical (unpaired) electrons. The molecule has 20 heavy (non-hydrogen) atoms. The molecule has 2 N–H and O–H groups in total. The van der Waals surface area contributed by atoms with Crippen molar-refractivity contribution in [3.8, 4) is 0 Å². The Bertz CT molecular complexity index is 505. The van der Waals surface area contributed by atoms with Crippen LogP contribution in [0.15, 0.2) is 12.1 Å². The smallest absolute Gasteiger partial charge is 0.341 e. The topological polar surface area (TPSA) is 52.3 Å². The van der Waals surface area contributed by atoms with Crippen LogP contribution in [0.25, 0.3) is 0 Å². The van der Waals surface area contributed by atoms with Crippen molar-refractivity contribution in [2.75, 3.05) is 5.73 Å². The van der Waals surface area contributed by atoms with Gasteiger partial charge in [0, 0.05) is 0 Å². The highest BCUT2D eigenvalue weighted by molar-refractivity contribution is 5.91. The van der Waals surface area contributed by atoms with Gasteiger partial charge in [-0.3, -0.25) is 0 Å². The van der Waals surface area contributed by atoms with E-state index >= 15 is 0 Å². The second-order valence-electron chi connectivity index (χ2n) is 5.25. The van der Waals surface area contributed by atoms with E-state index < -0.39 is 23.2 Å². The van der Waals surface area contributed by atoms with Gasteiger partial charge in [0.25, 0.3) is 0 Å². The zero-order chi connectivity index (χ0) is 14.7. The van der Waals surface area contributed by atoms with E-state index in [9.17, 15) is 13.6 Å². The largest absolute Gasteiger partial charge is 0.458 e. The first-order chi connectivity index (χ1) is 9.52. The van der Waals surface area contributed by atoms with Gasteiger partial charge in [0.1, 0.15) is 17.5 Å². The van der Waals surface area contributed by atoms with Crippen LogP contribution in [0.1, 0.15) is 49.4 Å². The van der Waals surface area contributed by atoms with Crippen LogP contribution in [-0.2, 0) is 4.74 Å². The molecule has 2 unspecified atom stereocenters. The molecule has 0 saturated heterocycles. The summed E-state index contributed by atoms with van der Waals surface area (Å²) in [5.41, 5.74) is 4.51. The number of carbonyl (C=O) groups is 1. The van der Waals surface area contributed by atoms with E-state index in [-0.39, 0.29) is 11.8 Å². The number of esters is 1. The van der Waals surface area contributed by atoms with Crippen molar-refractivity contribution >= 4 is 11.7 Å². The average molecular weight is 283 g/mol. The number of hydrogen-bond acceptors (Lipinski definition) is 3. The Balaban J connectivity index is 2.15. The van der Waals surface area contributed by atoms with Crippen LogP contribution in [0.3, 0.4) is 0 Å². The Morgan fingerprint density at radius 3 is 2.75 bits per heavy atom. The minimum absolute atomic E-state index is 0.217. The normalized spacial score (nSPS) is 22.6. The van der Waals surface area contributed by atoms with Gasteiger partial charge in [0.2, 0.25) is 0 Å². The maximum atomic E-state index is 13.8. The van der Waals surface area contributed by atoms with Crippen molar-refractivity contribution in [3.05, 3.63) is 29.3 Å². The van der Waals surface area contributed by atoms with E-state index in [2.05, 4.69) is 0 Å². The van der Waals surface area contributed by atoms with Gasteiger partial charge in [-0.05, 0) is 43.7 Å². The van der Waals surface area contributed by atoms with E-state index in [1.165, 1.54) is 0 Å². The fourth-order valence-electron chi connectivity index (χ4n) is 2.76. The minimum atomic E-state index is -0.916. The quantitative estimate of drug-likeness (QED) is 0.680. The first-order valence-corrected chi connectivity index (χ1v) is 6.98. The highest BCUT2D eigenvalue weighted by Gasteiger charge is 2.28. The second kappa shape index (κ2) is 6.20. The van der Waals surface area contributed by atoms with Crippen molar-refractivity contribution in [2.24, 2.45) is 5.92 Å². The van der Waals surface area contributed by atoms with Crippen LogP contribution < -0.4 is 5.73 Å². The Kier molecular flexibility index (Phi) is 4.57. The molecule has 0 bridgehead atoms. The van der Waals surface area contributed by atoms with Crippen LogP contribution in [0.2, 0.25) is 0 Å². The number of anilines is 1. The van der Waals surface area contributed by atoms with Gasteiger partial charge in [0.15, 0.2) is 5.82 Å². The van der Waals surface area contributed by atoms with E-state index in [1.54, 1.807) is 0 Å². The predicted octanol–water partition coefficient (Wildman–Crippen LogP) is 3.67. The molecule has 1 aliphatic rings. The molecule has 1 aromatic carbocycles. The van der Waals surface area contributed by atoms with Crippen LogP contribution in [0.4, 0.5) is 14.5 Å². The average Bonchev–Trinajstić information content (AvgIpc) is 2.43. The number of halogens is 2. The lowest BCUT2D eigenvalue weighted by molar-refractivity contribution is 0.000241. The van der Waals surface area contributed by atoms with Crippen molar-refractivity contribution in [3.63, 3.8) is 0 Å². The monoisotopic (exact) mass is 283 g/mol. The minimum Gasteiger partial charge on any atom is -0.458 e. The molecule has 0 heterocycles. The van der Waals surface area contributed by atoms with E-state index in [1.807, 2.05) is 6.92 Å².